The van der Waals surface area contributed by atoms with Gasteiger partial charge in [-0.25, -0.2) is 0 Å². The van der Waals surface area contributed by atoms with E-state index in [1.165, 1.54) is 315 Å². The lowest BCUT2D eigenvalue weighted by Gasteiger charge is -2.26. The third kappa shape index (κ3) is 50.8. The second-order valence-electron chi connectivity index (χ2n) is 24.0. The summed E-state index contributed by atoms with van der Waals surface area (Å²) in [6.07, 6.45) is 73.2. The molecule has 442 valence electrons. The molecule has 4 N–H and O–H groups in total. The van der Waals surface area contributed by atoms with Crippen LogP contribution < -0.4 is 5.32 Å². The number of ether oxygens (including phenoxy) is 2. The fraction of sp³-hybridized carbons (Fsp3) is 0.985. The highest BCUT2D eigenvalue weighted by Gasteiger charge is 2.39. The summed E-state index contributed by atoms with van der Waals surface area (Å²) in [5.41, 5.74) is 0. The smallest absolute Gasteiger partial charge is 0.220 e. The Morgan fingerprint density at radius 2 is 0.689 bits per heavy atom. The average molecular weight is 1050 g/mol. The summed E-state index contributed by atoms with van der Waals surface area (Å²) in [6.45, 7) is 5.08. The minimum atomic E-state index is -1.13. The van der Waals surface area contributed by atoms with Crippen LogP contribution in [0.4, 0.5) is 0 Å². The third-order valence-corrected chi connectivity index (χ3v) is 16.7. The van der Waals surface area contributed by atoms with Gasteiger partial charge >= 0.3 is 0 Å². The summed E-state index contributed by atoms with van der Waals surface area (Å²) in [5, 5.41) is 33.7. The van der Waals surface area contributed by atoms with Gasteiger partial charge in [0.15, 0.2) is 6.29 Å². The summed E-state index contributed by atoms with van der Waals surface area (Å²) < 4.78 is 11.8. The number of amides is 1. The van der Waals surface area contributed by atoms with E-state index in [-0.39, 0.29) is 18.8 Å². The molecule has 1 rings (SSSR count). The Bertz CT molecular complexity index is 1090. The van der Waals surface area contributed by atoms with E-state index in [9.17, 15) is 20.1 Å². The van der Waals surface area contributed by atoms with Gasteiger partial charge in [-0.3, -0.25) is 4.79 Å². The van der Waals surface area contributed by atoms with Crippen molar-refractivity contribution >= 4 is 5.91 Å². The molecule has 0 spiro atoms. The van der Waals surface area contributed by atoms with Gasteiger partial charge in [0.1, 0.15) is 12.2 Å². The molecule has 5 atom stereocenters. The van der Waals surface area contributed by atoms with E-state index in [0.717, 1.165) is 45.1 Å². The Morgan fingerprint density at radius 1 is 0.405 bits per heavy atom. The van der Waals surface area contributed by atoms with Crippen LogP contribution in [0.25, 0.3) is 0 Å². The van der Waals surface area contributed by atoms with Crippen LogP contribution in [0, 0.1) is 0 Å². The van der Waals surface area contributed by atoms with Gasteiger partial charge in [-0.2, -0.15) is 0 Å². The predicted molar refractivity (Wildman–Crippen MR) is 320 cm³/mol. The van der Waals surface area contributed by atoms with E-state index in [1.54, 1.807) is 0 Å². The summed E-state index contributed by atoms with van der Waals surface area (Å²) in [7, 11) is 0. The molecule has 0 bridgehead atoms. The molecular formula is C67H133NO6. The van der Waals surface area contributed by atoms with E-state index in [2.05, 4.69) is 19.2 Å². The first-order valence-corrected chi connectivity index (χ1v) is 34.1. The molecular weight excluding hydrogens is 915 g/mol. The van der Waals surface area contributed by atoms with Crippen LogP contribution in [0.15, 0.2) is 0 Å². The largest absolute Gasteiger partial charge is 0.394 e. The lowest BCUT2D eigenvalue weighted by atomic mass is 9.99. The lowest BCUT2D eigenvalue weighted by Crippen LogP contribution is -2.50. The lowest BCUT2D eigenvalue weighted by molar-refractivity contribution is -0.124. The zero-order valence-electron chi connectivity index (χ0n) is 50.2. The Morgan fingerprint density at radius 3 is 1.01 bits per heavy atom. The molecule has 0 aromatic carbocycles. The fourth-order valence-electron chi connectivity index (χ4n) is 11.4. The number of aliphatic hydroxyl groups excluding tert-OH is 3. The summed E-state index contributed by atoms with van der Waals surface area (Å²) in [4.78, 5) is 12.5. The molecule has 1 amide bonds. The molecule has 7 heteroatoms. The Labute approximate surface area is 462 Å². The fourth-order valence-corrected chi connectivity index (χ4v) is 11.4. The first-order chi connectivity index (χ1) is 36.5. The highest BCUT2D eigenvalue weighted by atomic mass is 16.8. The van der Waals surface area contributed by atoms with Crippen molar-refractivity contribution in [2.24, 2.45) is 0 Å². The van der Waals surface area contributed by atoms with E-state index in [4.69, 9.17) is 9.47 Å². The molecule has 5 unspecified atom stereocenters. The summed E-state index contributed by atoms with van der Waals surface area (Å²) in [5.74, 6) is -0.140. The average Bonchev–Trinajstić information content (AvgIpc) is 4.17. The maximum atomic E-state index is 12.5. The second-order valence-corrected chi connectivity index (χ2v) is 24.0. The molecule has 1 fully saturated rings. The number of hydrogen-bond donors (Lipinski definition) is 4. The van der Waals surface area contributed by atoms with Crippen LogP contribution in [-0.4, -0.2) is 65.1 Å². The summed E-state index contributed by atoms with van der Waals surface area (Å²) >= 11 is 0. The topological polar surface area (TPSA) is 112 Å². The maximum Gasteiger partial charge on any atom is 0.220 e. The minimum Gasteiger partial charge on any atom is -0.394 e. The van der Waals surface area contributed by atoms with Gasteiger partial charge in [-0.15, -0.1) is 0 Å². The van der Waals surface area contributed by atoms with E-state index < -0.39 is 18.2 Å². The molecule has 1 heterocycles. The van der Waals surface area contributed by atoms with Crippen LogP contribution in [0.2, 0.25) is 0 Å². The normalized spacial score (nSPS) is 15.7. The Kier molecular flexibility index (Phi) is 56.3. The number of hydrogen-bond acceptors (Lipinski definition) is 6. The molecule has 0 saturated carbocycles. The highest BCUT2D eigenvalue weighted by Crippen LogP contribution is 2.29. The van der Waals surface area contributed by atoms with Crippen molar-refractivity contribution in [2.75, 3.05) is 13.2 Å². The number of epoxide rings is 1. The Hall–Kier alpha value is -0.730. The first-order valence-electron chi connectivity index (χ1n) is 34.1. The molecule has 1 aliphatic rings. The molecule has 7 nitrogen and oxygen atoms in total. The SMILES string of the molecule is CCCCCCCCCCCCCCCCCC1OC1OCCCCCCCCCCCCCCCCCCCCCCCCCCCCCC(=O)NC(CO)C(O)C(O)CCCCCCCCCCCCCC. The number of carbonyl (C=O) groups excluding carboxylic acids is 1. The molecule has 0 aromatic rings. The maximum absolute atomic E-state index is 12.5. The van der Waals surface area contributed by atoms with Gasteiger partial charge in [-0.1, -0.05) is 348 Å². The molecule has 0 radical (unpaired) electrons. The van der Waals surface area contributed by atoms with Crippen LogP contribution in [0.3, 0.4) is 0 Å². The molecule has 1 saturated heterocycles. The van der Waals surface area contributed by atoms with Crippen molar-refractivity contribution in [1.29, 1.82) is 0 Å². The van der Waals surface area contributed by atoms with Crippen molar-refractivity contribution in [3.8, 4) is 0 Å². The zero-order valence-corrected chi connectivity index (χ0v) is 50.2. The van der Waals surface area contributed by atoms with Gasteiger partial charge in [0.2, 0.25) is 5.91 Å². The monoisotopic (exact) mass is 1050 g/mol. The number of carbonyl (C=O) groups is 1. The molecule has 74 heavy (non-hydrogen) atoms. The van der Waals surface area contributed by atoms with Crippen molar-refractivity contribution < 1.29 is 29.6 Å². The zero-order chi connectivity index (χ0) is 53.3. The minimum absolute atomic E-state index is 0.112. The van der Waals surface area contributed by atoms with Gasteiger partial charge in [0, 0.05) is 13.0 Å². The van der Waals surface area contributed by atoms with E-state index >= 15 is 0 Å². The predicted octanol–water partition coefficient (Wildman–Crippen LogP) is 20.2. The van der Waals surface area contributed by atoms with E-state index in [1.807, 2.05) is 0 Å². The second kappa shape index (κ2) is 58.4. The van der Waals surface area contributed by atoms with Crippen molar-refractivity contribution in [3.05, 3.63) is 0 Å². The van der Waals surface area contributed by atoms with Gasteiger partial charge < -0.3 is 30.1 Å². The van der Waals surface area contributed by atoms with Gasteiger partial charge in [0.05, 0.1) is 18.8 Å². The van der Waals surface area contributed by atoms with Crippen LogP contribution in [0.1, 0.15) is 380 Å². The van der Waals surface area contributed by atoms with Crippen molar-refractivity contribution in [3.63, 3.8) is 0 Å². The van der Waals surface area contributed by atoms with Crippen LogP contribution in [-0.2, 0) is 14.3 Å². The van der Waals surface area contributed by atoms with Gasteiger partial charge in [-0.05, 0) is 25.7 Å². The number of rotatable bonds is 64. The number of unbranched alkanes of at least 4 members (excludes halogenated alkanes) is 51. The summed E-state index contributed by atoms with van der Waals surface area (Å²) in [6, 6.07) is -0.807. The highest BCUT2D eigenvalue weighted by molar-refractivity contribution is 5.76. The molecule has 0 aliphatic carbocycles. The van der Waals surface area contributed by atoms with Crippen molar-refractivity contribution in [2.45, 2.75) is 410 Å². The Balaban J connectivity index is 1.72. The van der Waals surface area contributed by atoms with E-state index in [0.29, 0.717) is 18.9 Å². The van der Waals surface area contributed by atoms with Crippen molar-refractivity contribution in [1.82, 2.24) is 5.32 Å². The number of nitrogens with one attached hydrogen (secondary N) is 1. The number of aliphatic hydroxyl groups is 3. The van der Waals surface area contributed by atoms with Crippen LogP contribution in [0.5, 0.6) is 0 Å². The molecule has 0 aromatic heterocycles. The first kappa shape index (κ1) is 71.3. The standard InChI is InChI=1S/C67H133NO6/c1-3-5-7-9-11-13-15-17-31-34-38-42-46-50-54-58-64-67(74-64)73-60-56-52-48-44-40-36-33-30-28-26-24-22-20-18-19-21-23-25-27-29-32-35-39-43-47-51-55-59-65(71)68-62(61-69)66(72)63(70)57-53-49-45-41-37-16-14-12-10-8-6-4-2/h62-64,66-67,69-70,72H,3-61H2,1-2H3,(H,68,71). The quantitative estimate of drug-likeness (QED) is 0.0357. The van der Waals surface area contributed by atoms with Crippen LogP contribution >= 0.6 is 0 Å². The molecule has 1 aliphatic heterocycles. The van der Waals surface area contributed by atoms with Gasteiger partial charge in [0.25, 0.3) is 0 Å². The third-order valence-electron chi connectivity index (χ3n) is 16.7.